The highest BCUT2D eigenvalue weighted by Crippen LogP contribution is 2.36. The zero-order valence-electron chi connectivity index (χ0n) is 26.1. The summed E-state index contributed by atoms with van der Waals surface area (Å²) in [7, 11) is 2.02. The smallest absolute Gasteiger partial charge is 0.194 e. The first-order chi connectivity index (χ1) is 22.9. The van der Waals surface area contributed by atoms with E-state index in [0.29, 0.717) is 5.82 Å². The number of rotatable bonds is 13. The Bertz CT molecular complexity index is 1480. The van der Waals surface area contributed by atoms with E-state index in [4.69, 9.17) is 9.47 Å². The predicted molar refractivity (Wildman–Crippen MR) is 163 cm³/mol. The number of hydrogen-bond donors (Lipinski definition) is 6. The van der Waals surface area contributed by atoms with Crippen LogP contribution in [-0.2, 0) is 9.47 Å². The molecule has 20 heteroatoms. The van der Waals surface area contributed by atoms with Crippen LogP contribution in [0.1, 0.15) is 19.0 Å². The summed E-state index contributed by atoms with van der Waals surface area (Å²) in [5, 5.41) is 79.7. The molecule has 2 aliphatic rings. The first-order valence-electron chi connectivity index (χ1n) is 15.2. The van der Waals surface area contributed by atoms with Crippen molar-refractivity contribution in [2.75, 3.05) is 57.3 Å². The molecule has 2 aromatic heterocycles. The summed E-state index contributed by atoms with van der Waals surface area (Å²) < 4.78 is 54.8. The number of ether oxygens (including phenoxy) is 2. The number of aliphatic hydroxyl groups excluding tert-OH is 6. The molecule has 48 heavy (non-hydrogen) atoms. The molecule has 7 unspecified atom stereocenters. The summed E-state index contributed by atoms with van der Waals surface area (Å²) in [6.45, 7) is 3.29. The lowest BCUT2D eigenvalue weighted by atomic mass is 9.97. The molecule has 3 aromatic rings. The van der Waals surface area contributed by atoms with Crippen LogP contribution < -0.4 is 4.90 Å². The highest BCUT2D eigenvalue weighted by atomic mass is 32.2. The molecular formula is C28H39F3N8O8S. The van der Waals surface area contributed by atoms with Crippen molar-refractivity contribution in [2.45, 2.75) is 61.1 Å². The van der Waals surface area contributed by atoms with Gasteiger partial charge in [0.25, 0.3) is 0 Å². The third-order valence-corrected chi connectivity index (χ3v) is 9.48. The molecule has 1 aromatic carbocycles. The summed E-state index contributed by atoms with van der Waals surface area (Å²) >= 11 is 0.885. The van der Waals surface area contributed by atoms with E-state index < -0.39 is 84.8 Å². The van der Waals surface area contributed by atoms with Crippen LogP contribution in [0.15, 0.2) is 24.5 Å². The predicted octanol–water partition coefficient (Wildman–Crippen LogP) is -1.26. The molecule has 5 rings (SSSR count). The number of anilines is 1. The molecule has 0 radical (unpaired) electrons. The maximum Gasteiger partial charge on any atom is 0.194 e. The minimum atomic E-state index is -1.65. The molecule has 0 saturated carbocycles. The van der Waals surface area contributed by atoms with Gasteiger partial charge in [-0.3, -0.25) is 0 Å². The first-order valence-corrected chi connectivity index (χ1v) is 16.2. The molecule has 9 atom stereocenters. The highest BCUT2D eigenvalue weighted by molar-refractivity contribution is 7.99. The molecule has 6 N–H and O–H groups in total. The van der Waals surface area contributed by atoms with Crippen molar-refractivity contribution in [1.82, 2.24) is 34.9 Å². The zero-order chi connectivity index (χ0) is 34.7. The van der Waals surface area contributed by atoms with Crippen molar-refractivity contribution < 1.29 is 53.3 Å². The van der Waals surface area contributed by atoms with Crippen LogP contribution in [-0.4, -0.2) is 160 Å². The zero-order valence-corrected chi connectivity index (χ0v) is 26.9. The summed E-state index contributed by atoms with van der Waals surface area (Å²) in [4.78, 5) is 4.22. The number of thioether (sulfide) groups is 1. The van der Waals surface area contributed by atoms with Gasteiger partial charge in [-0.15, -0.1) is 10.2 Å². The van der Waals surface area contributed by atoms with E-state index in [1.807, 2.05) is 11.9 Å². The molecule has 4 heterocycles. The van der Waals surface area contributed by atoms with E-state index in [2.05, 4.69) is 25.5 Å². The van der Waals surface area contributed by atoms with Gasteiger partial charge >= 0.3 is 0 Å². The SMILES string of the molecule is C[C@H](O)C(C(O)[C@@H](CO)OCSC1OC(CO)C(O)C(n2cc(-c3cc(F)c(F)c(F)c3)nn2)C1O)n1cc(N2CCN(C)CC2)nn1. The number of halogens is 3. The molecule has 266 valence electrons. The number of likely N-dealkylation sites (N-methyl/N-ethyl adjacent to an activating group) is 1. The second kappa shape index (κ2) is 15.7. The lowest BCUT2D eigenvalue weighted by molar-refractivity contribution is -0.179. The minimum Gasteiger partial charge on any atom is -0.394 e. The van der Waals surface area contributed by atoms with E-state index in [-0.39, 0.29) is 17.2 Å². The third-order valence-electron chi connectivity index (χ3n) is 8.49. The topological polar surface area (TPSA) is 208 Å². The normalized spacial score (nSPS) is 26.4. The Balaban J connectivity index is 1.24. The van der Waals surface area contributed by atoms with E-state index >= 15 is 0 Å². The van der Waals surface area contributed by atoms with Crippen molar-refractivity contribution in [1.29, 1.82) is 0 Å². The molecule has 2 fully saturated rings. The van der Waals surface area contributed by atoms with Gasteiger partial charge < -0.3 is 49.9 Å². The van der Waals surface area contributed by atoms with Crippen LogP contribution in [0.4, 0.5) is 19.0 Å². The average molecular weight is 705 g/mol. The van der Waals surface area contributed by atoms with Crippen LogP contribution >= 0.6 is 11.8 Å². The number of aliphatic hydroxyl groups is 6. The minimum absolute atomic E-state index is 0.0812. The lowest BCUT2D eigenvalue weighted by Gasteiger charge is -2.41. The third kappa shape index (κ3) is 7.77. The van der Waals surface area contributed by atoms with E-state index in [1.54, 1.807) is 6.20 Å². The molecule has 2 aliphatic heterocycles. The monoisotopic (exact) mass is 704 g/mol. The fourth-order valence-electron chi connectivity index (χ4n) is 5.71. The summed E-state index contributed by atoms with van der Waals surface area (Å²) in [6.07, 6.45) is -5.21. The number of piperazine rings is 1. The standard InChI is InChI=1S/C28H39F3N8O8S/c1-14(42)23(39-10-21(33-35-39)37-5-3-36(2)4-6-37)25(43)19(11-40)46-13-48-28-27(45)24(26(44)20(12-41)47-28)38-9-18(32-34-38)15-7-16(29)22(31)17(30)8-15/h7-10,14,19-20,23-28,40-45H,3-6,11-13H2,1-2H3/t14-,19+,20?,23?,24?,25?,26?,27?,28?/m0/s1. The fraction of sp³-hybridized carbons (Fsp3) is 0.643. The Morgan fingerprint density at radius 2 is 1.69 bits per heavy atom. The van der Waals surface area contributed by atoms with Crippen LogP contribution in [0.2, 0.25) is 0 Å². The molecule has 16 nitrogen and oxygen atoms in total. The van der Waals surface area contributed by atoms with Crippen molar-refractivity contribution in [3.8, 4) is 11.3 Å². The van der Waals surface area contributed by atoms with Gasteiger partial charge in [-0.1, -0.05) is 22.2 Å². The maximum absolute atomic E-state index is 13.8. The second-order valence-electron chi connectivity index (χ2n) is 11.8. The summed E-state index contributed by atoms with van der Waals surface area (Å²) in [5.74, 6) is -4.22. The number of aromatic nitrogens is 6. The van der Waals surface area contributed by atoms with Crippen LogP contribution in [0, 0.1) is 17.5 Å². The van der Waals surface area contributed by atoms with Crippen LogP contribution in [0.25, 0.3) is 11.3 Å². The molecule has 0 amide bonds. The van der Waals surface area contributed by atoms with Crippen LogP contribution in [0.3, 0.4) is 0 Å². The van der Waals surface area contributed by atoms with E-state index in [1.165, 1.54) is 17.8 Å². The molecule has 0 bridgehead atoms. The largest absolute Gasteiger partial charge is 0.394 e. The van der Waals surface area contributed by atoms with E-state index in [0.717, 1.165) is 54.8 Å². The van der Waals surface area contributed by atoms with Crippen LogP contribution in [0.5, 0.6) is 0 Å². The number of benzene rings is 1. The molecule has 2 saturated heterocycles. The Morgan fingerprint density at radius 1 is 1.00 bits per heavy atom. The Labute approximate surface area is 277 Å². The number of hydrogen-bond acceptors (Lipinski definition) is 15. The van der Waals surface area contributed by atoms with Crippen molar-refractivity contribution in [2.24, 2.45) is 0 Å². The van der Waals surface area contributed by atoms with Crippen molar-refractivity contribution in [3.63, 3.8) is 0 Å². The fourth-order valence-corrected chi connectivity index (χ4v) is 6.67. The van der Waals surface area contributed by atoms with Gasteiger partial charge in [-0.2, -0.15) is 0 Å². The first kappa shape index (κ1) is 36.4. The second-order valence-corrected chi connectivity index (χ2v) is 12.8. The van der Waals surface area contributed by atoms with Crippen molar-refractivity contribution in [3.05, 3.63) is 42.0 Å². The molecule has 0 aliphatic carbocycles. The highest BCUT2D eigenvalue weighted by Gasteiger charge is 2.46. The van der Waals surface area contributed by atoms with Crippen molar-refractivity contribution >= 4 is 17.6 Å². The van der Waals surface area contributed by atoms with Gasteiger partial charge in [0, 0.05) is 31.7 Å². The average Bonchev–Trinajstić information content (AvgIpc) is 3.74. The van der Waals surface area contributed by atoms with Gasteiger partial charge in [0.1, 0.15) is 53.7 Å². The van der Waals surface area contributed by atoms with E-state index in [9.17, 15) is 43.8 Å². The summed E-state index contributed by atoms with van der Waals surface area (Å²) in [5.41, 5.74) is -1.37. The number of nitrogens with zero attached hydrogens (tertiary/aromatic N) is 8. The molecular weight excluding hydrogens is 665 g/mol. The molecule has 0 spiro atoms. The van der Waals surface area contributed by atoms with Gasteiger partial charge in [0.05, 0.1) is 37.7 Å². The van der Waals surface area contributed by atoms with Gasteiger partial charge in [0.2, 0.25) is 0 Å². The summed E-state index contributed by atoms with van der Waals surface area (Å²) in [6, 6.07) is -0.857. The van der Waals surface area contributed by atoms with Gasteiger partial charge in [-0.05, 0) is 26.1 Å². The maximum atomic E-state index is 13.8. The van der Waals surface area contributed by atoms with Gasteiger partial charge in [-0.25, -0.2) is 22.5 Å². The quantitative estimate of drug-likeness (QED) is 0.0907. The Hall–Kier alpha value is -2.92. The van der Waals surface area contributed by atoms with Gasteiger partial charge in [0.15, 0.2) is 23.3 Å². The lowest BCUT2D eigenvalue weighted by Crippen LogP contribution is -2.55. The Morgan fingerprint density at radius 3 is 2.31 bits per heavy atom. The Kier molecular flexibility index (Phi) is 11.9.